The minimum absolute atomic E-state index is 0.0484. The molecule has 11 rings (SSSR count). The van der Waals surface area contributed by atoms with Crippen LogP contribution in [0.3, 0.4) is 0 Å². The lowest BCUT2D eigenvalue weighted by Crippen LogP contribution is -2.52. The van der Waals surface area contributed by atoms with Crippen molar-refractivity contribution in [2.45, 2.75) is 102 Å². The number of likely N-dealkylation sites (tertiary alicyclic amines) is 1. The number of carbonyl (C=O) groups excluding carboxylic acids is 4. The van der Waals surface area contributed by atoms with Gasteiger partial charge in [-0.2, -0.15) is 0 Å². The first-order valence-corrected chi connectivity index (χ1v) is 33.1. The Morgan fingerprint density at radius 1 is 0.911 bits per heavy atom. The highest BCUT2D eigenvalue weighted by Gasteiger charge is 2.40. The maximum absolute atomic E-state index is 14.2. The second-order valence-corrected chi connectivity index (χ2v) is 27.4. The van der Waals surface area contributed by atoms with Crippen LogP contribution in [-0.2, 0) is 26.2 Å². The fourth-order valence-corrected chi connectivity index (χ4v) is 14.0. The average Bonchev–Trinajstić information content (AvgIpc) is 1.76. The number of anilines is 2. The van der Waals surface area contributed by atoms with Gasteiger partial charge in [0, 0.05) is 117 Å². The summed E-state index contributed by atoms with van der Waals surface area (Å²) >= 11 is 6.28. The van der Waals surface area contributed by atoms with Crippen molar-refractivity contribution in [3.8, 4) is 23.3 Å². The van der Waals surface area contributed by atoms with Gasteiger partial charge >= 0.3 is 0 Å². The summed E-state index contributed by atoms with van der Waals surface area (Å²) in [5.74, 6) is 5.35. The molecule has 1 aliphatic carbocycles. The van der Waals surface area contributed by atoms with Crippen molar-refractivity contribution >= 4 is 78.9 Å². The number of nitrogens with zero attached hydrogens (tertiary/aromatic N) is 7. The number of piperazine rings is 1. The van der Waals surface area contributed by atoms with E-state index in [1.165, 1.54) is 35.0 Å². The van der Waals surface area contributed by atoms with E-state index in [2.05, 4.69) is 89.8 Å². The quantitative estimate of drug-likeness (QED) is 0.0163. The van der Waals surface area contributed by atoms with E-state index < -0.39 is 43.4 Å². The Balaban J connectivity index is 0.641. The van der Waals surface area contributed by atoms with Gasteiger partial charge in [0.25, 0.3) is 27.5 Å². The van der Waals surface area contributed by atoms with Crippen LogP contribution >= 0.6 is 11.6 Å². The highest BCUT2D eigenvalue weighted by molar-refractivity contribution is 7.90. The third-order valence-corrected chi connectivity index (χ3v) is 19.9. The molecule has 6 heterocycles. The molecule has 6 aromatic rings. The molecular formula is C68H78ClN11O9S. The summed E-state index contributed by atoms with van der Waals surface area (Å²) in [5, 5.41) is 19.6. The number of allylic oxidation sites excluding steroid dienone is 1. The van der Waals surface area contributed by atoms with Gasteiger partial charge in [0.2, 0.25) is 11.8 Å². The number of aromatic nitrogens is 2. The number of aromatic amines is 1. The topological polar surface area (TPSA) is 236 Å². The zero-order valence-corrected chi connectivity index (χ0v) is 52.9. The first-order chi connectivity index (χ1) is 43.3. The number of nitro benzene ring substituents is 1. The molecule has 5 aliphatic rings. The molecule has 472 valence electrons. The molecule has 20 nitrogen and oxygen atoms in total. The number of carbonyl (C=O) groups is 4. The van der Waals surface area contributed by atoms with Crippen molar-refractivity contribution < 1.29 is 37.3 Å². The third-order valence-electron chi connectivity index (χ3n) is 18.3. The molecule has 0 saturated carbocycles. The molecule has 4 aromatic carbocycles. The number of likely N-dealkylation sites (N-methyl/N-ethyl adjacent to an activating group) is 1. The maximum atomic E-state index is 14.2. The van der Waals surface area contributed by atoms with Gasteiger partial charge in [0.15, 0.2) is 0 Å². The number of rotatable bonds is 22. The Morgan fingerprint density at radius 3 is 2.49 bits per heavy atom. The number of nitrogens with one attached hydrogen (secondary N) is 4. The number of H-pyrrole nitrogens is 1. The monoisotopic (exact) mass is 1260 g/mol. The zero-order valence-electron chi connectivity index (χ0n) is 51.3. The molecule has 1 atom stereocenters. The molecular weight excluding hydrogens is 1180 g/mol. The van der Waals surface area contributed by atoms with Crippen LogP contribution in [-0.4, -0.2) is 152 Å². The molecule has 4 aliphatic heterocycles. The van der Waals surface area contributed by atoms with Crippen LogP contribution in [0.4, 0.5) is 17.1 Å². The van der Waals surface area contributed by atoms with E-state index in [0.717, 1.165) is 143 Å². The molecule has 0 spiro atoms. The number of amides is 4. The van der Waals surface area contributed by atoms with Gasteiger partial charge in [0.1, 0.15) is 28.9 Å². The highest BCUT2D eigenvalue weighted by atomic mass is 35.5. The summed E-state index contributed by atoms with van der Waals surface area (Å²) in [6.07, 6.45) is 12.5. The van der Waals surface area contributed by atoms with E-state index in [0.29, 0.717) is 49.6 Å². The Bertz CT molecular complexity index is 3900. The van der Waals surface area contributed by atoms with Gasteiger partial charge in [-0.3, -0.25) is 39.5 Å². The number of pyridine rings is 1. The van der Waals surface area contributed by atoms with Crippen LogP contribution in [0.15, 0.2) is 114 Å². The largest absolute Gasteiger partial charge is 0.455 e. The minimum atomic E-state index is -4.62. The number of fused-ring (bicyclic) bond motifs is 2. The molecule has 90 heavy (non-hydrogen) atoms. The van der Waals surface area contributed by atoms with Crippen molar-refractivity contribution in [1.29, 1.82) is 0 Å². The van der Waals surface area contributed by atoms with Crippen molar-refractivity contribution in [2.24, 2.45) is 11.3 Å². The van der Waals surface area contributed by atoms with E-state index >= 15 is 0 Å². The lowest BCUT2D eigenvalue weighted by Gasteiger charge is -2.39. The van der Waals surface area contributed by atoms with E-state index in [9.17, 15) is 37.7 Å². The Kier molecular flexibility index (Phi) is 19.7. The van der Waals surface area contributed by atoms with E-state index in [-0.39, 0.29) is 46.6 Å². The first kappa shape index (κ1) is 63.4. The number of sulfonamides is 1. The lowest BCUT2D eigenvalue weighted by molar-refractivity contribution is -0.384. The smallest absolute Gasteiger partial charge is 0.293 e. The predicted octanol–water partition coefficient (Wildman–Crippen LogP) is 10.3. The number of unbranched alkanes of at least 4 members (excludes halogenated alkanes) is 3. The molecule has 0 bridgehead atoms. The predicted molar refractivity (Wildman–Crippen MR) is 348 cm³/mol. The van der Waals surface area contributed by atoms with Crippen LogP contribution in [0, 0.1) is 33.3 Å². The lowest BCUT2D eigenvalue weighted by atomic mass is 9.72. The molecule has 1 unspecified atom stereocenters. The fraction of sp³-hybridized carbons (Fsp3) is 0.426. The fourth-order valence-electron chi connectivity index (χ4n) is 12.9. The number of hydrogen-bond donors (Lipinski definition) is 4. The second kappa shape index (κ2) is 27.9. The Hall–Kier alpha value is -8.13. The van der Waals surface area contributed by atoms with Crippen LogP contribution < -0.4 is 25.0 Å². The number of nitro groups is 1. The molecule has 2 aromatic heterocycles. The van der Waals surface area contributed by atoms with E-state index in [1.54, 1.807) is 41.4 Å². The number of halogens is 1. The van der Waals surface area contributed by atoms with Gasteiger partial charge in [0.05, 0.1) is 21.6 Å². The first-order valence-electron chi connectivity index (χ1n) is 31.3. The number of benzene rings is 4. The number of piperidine rings is 2. The molecule has 22 heteroatoms. The molecule has 0 radical (unpaired) electrons. The standard InChI is InChI=1S/C68H78ClN11O9S/c1-68(2)27-23-50(57(41-68)48-13-15-51(69)16-14-48)44-77-34-36-78(37-35-77)52-17-19-56(62(39-52)89-53-38-49-24-28-70-64(49)72-43-53)65(82)74-90(87,88)54-18-20-59(61(40-54)80(85)86)71-42-46-25-30-76(31-26-46)33-32-75(3)29-8-6-4-5-7-10-47-11-9-12-55-58(47)45-79(67(55)84)60-21-22-63(81)73-66(60)83/h9,11-20,24,28,38-40,43,46,60,71H,4-6,8,21-23,25-27,29-37,41-42,44-45H2,1-3H3,(H,70,72)(H,74,82)(H,73,81,83). The zero-order chi connectivity index (χ0) is 63.1. The minimum Gasteiger partial charge on any atom is -0.455 e. The summed E-state index contributed by atoms with van der Waals surface area (Å²) in [4.78, 5) is 81.5. The SMILES string of the molecule is CN(CCCCCC#Cc1cccc2c1CN(C1CCC(=O)NC1=O)C2=O)CCN1CCC(CNc2ccc(S(=O)(=O)NC(=O)c3ccc(N4CCN(CC5=C(c6ccc(Cl)cc6)CC(C)(C)CC5)CC4)cc3Oc3cnc4[nH]ccc4c3)cc2[N+](=O)[O-])CC1. The number of ether oxygens (including phenoxy) is 1. The summed E-state index contributed by atoms with van der Waals surface area (Å²) in [7, 11) is -2.48. The Morgan fingerprint density at radius 2 is 1.71 bits per heavy atom. The highest BCUT2D eigenvalue weighted by Crippen LogP contribution is 2.44. The van der Waals surface area contributed by atoms with E-state index in [4.69, 9.17) is 16.3 Å². The van der Waals surface area contributed by atoms with Crippen molar-refractivity contribution in [3.63, 3.8) is 0 Å². The number of hydrogen-bond acceptors (Lipinski definition) is 15. The summed E-state index contributed by atoms with van der Waals surface area (Å²) in [5.41, 5.74) is 7.65. The van der Waals surface area contributed by atoms with Crippen LogP contribution in [0.25, 0.3) is 16.6 Å². The van der Waals surface area contributed by atoms with Gasteiger partial charge in [-0.05, 0) is 167 Å². The van der Waals surface area contributed by atoms with Gasteiger partial charge < -0.3 is 34.6 Å². The Labute approximate surface area is 530 Å². The number of imide groups is 1. The third kappa shape index (κ3) is 15.4. The second-order valence-electron chi connectivity index (χ2n) is 25.2. The summed E-state index contributed by atoms with van der Waals surface area (Å²) in [6.45, 7) is 13.9. The molecule has 3 saturated heterocycles. The van der Waals surface area contributed by atoms with Gasteiger partial charge in [-0.15, -0.1) is 0 Å². The van der Waals surface area contributed by atoms with Gasteiger partial charge in [-0.1, -0.05) is 67.5 Å². The van der Waals surface area contributed by atoms with Crippen LogP contribution in [0.1, 0.15) is 122 Å². The molecule has 3 fully saturated rings. The maximum Gasteiger partial charge on any atom is 0.293 e. The normalized spacial score (nSPS) is 18.4. The van der Waals surface area contributed by atoms with Crippen molar-refractivity contribution in [1.82, 2.24) is 39.6 Å². The van der Waals surface area contributed by atoms with Crippen molar-refractivity contribution in [3.05, 3.63) is 152 Å². The summed E-state index contributed by atoms with van der Waals surface area (Å²) in [6, 6.07) is 25.4. The average molecular weight is 1260 g/mol. The van der Waals surface area contributed by atoms with Crippen LogP contribution in [0.5, 0.6) is 11.5 Å². The molecule has 4 amide bonds. The van der Waals surface area contributed by atoms with Crippen LogP contribution in [0.2, 0.25) is 5.02 Å². The van der Waals surface area contributed by atoms with Gasteiger partial charge in [-0.25, -0.2) is 18.1 Å². The van der Waals surface area contributed by atoms with Crippen molar-refractivity contribution in [2.75, 3.05) is 89.3 Å². The molecule has 4 N–H and O–H groups in total. The summed E-state index contributed by atoms with van der Waals surface area (Å²) < 4.78 is 36.5. The van der Waals surface area contributed by atoms with E-state index in [1.807, 2.05) is 30.3 Å².